The Morgan fingerprint density at radius 1 is 1.00 bits per heavy atom. The van der Waals surface area contributed by atoms with Crippen molar-refractivity contribution >= 4 is 29.4 Å². The number of anilines is 1. The Morgan fingerprint density at radius 2 is 1.56 bits per heavy atom. The number of benzene rings is 2. The van der Waals surface area contributed by atoms with Crippen molar-refractivity contribution in [2.75, 3.05) is 11.9 Å². The second kappa shape index (κ2) is 7.41. The summed E-state index contributed by atoms with van der Waals surface area (Å²) in [7, 11) is 0. The van der Waals surface area contributed by atoms with Crippen LogP contribution in [0.3, 0.4) is 0 Å². The minimum atomic E-state index is -1.08. The molecule has 3 amide bonds. The number of nitrogens with one attached hydrogen (secondary N) is 1. The number of aryl methyl sites for hydroxylation is 1. The Morgan fingerprint density at radius 3 is 2.11 bits per heavy atom. The predicted octanol–water partition coefficient (Wildman–Crippen LogP) is 2.16. The highest BCUT2D eigenvalue weighted by molar-refractivity contribution is 6.22. The predicted molar refractivity (Wildman–Crippen MR) is 97.2 cm³/mol. The number of fused-ring (bicyclic) bond motifs is 1. The summed E-state index contributed by atoms with van der Waals surface area (Å²) in [5, 5.41) is 2.64. The van der Waals surface area contributed by atoms with Crippen LogP contribution in [0.25, 0.3) is 0 Å². The third-order valence-electron chi connectivity index (χ3n) is 4.16. The normalized spacial score (nSPS) is 13.9. The molecule has 0 bridgehead atoms. The zero-order valence-corrected chi connectivity index (χ0v) is 14.9. The van der Waals surface area contributed by atoms with Gasteiger partial charge in [-0.25, -0.2) is 0 Å². The van der Waals surface area contributed by atoms with Crippen LogP contribution >= 0.6 is 0 Å². The van der Waals surface area contributed by atoms with Gasteiger partial charge in [0, 0.05) is 5.69 Å². The summed E-state index contributed by atoms with van der Waals surface area (Å²) in [5.74, 6) is -2.45. The fourth-order valence-corrected chi connectivity index (χ4v) is 2.68. The van der Waals surface area contributed by atoms with E-state index in [1.54, 1.807) is 24.3 Å². The highest BCUT2D eigenvalue weighted by Gasteiger charge is 2.37. The molecule has 0 aliphatic carbocycles. The highest BCUT2D eigenvalue weighted by atomic mass is 16.5. The Kier molecular flexibility index (Phi) is 5.03. The van der Waals surface area contributed by atoms with E-state index in [0.717, 1.165) is 10.5 Å². The van der Waals surface area contributed by atoms with Gasteiger partial charge in [0.15, 0.2) is 6.10 Å². The molecule has 1 aliphatic rings. The van der Waals surface area contributed by atoms with Gasteiger partial charge >= 0.3 is 5.97 Å². The minimum absolute atomic E-state index is 0.250. The maximum Gasteiger partial charge on any atom is 0.326 e. The van der Waals surface area contributed by atoms with E-state index in [0.29, 0.717) is 5.69 Å². The Balaban J connectivity index is 1.57. The van der Waals surface area contributed by atoms with Gasteiger partial charge in [-0.2, -0.15) is 0 Å². The molecule has 138 valence electrons. The van der Waals surface area contributed by atoms with Crippen LogP contribution in [-0.4, -0.2) is 41.2 Å². The van der Waals surface area contributed by atoms with Crippen LogP contribution in [0.15, 0.2) is 48.5 Å². The summed E-state index contributed by atoms with van der Waals surface area (Å²) in [5.41, 5.74) is 2.13. The van der Waals surface area contributed by atoms with Gasteiger partial charge in [0.1, 0.15) is 6.54 Å². The van der Waals surface area contributed by atoms with Gasteiger partial charge in [-0.1, -0.05) is 29.8 Å². The first-order valence-electron chi connectivity index (χ1n) is 8.39. The smallest absolute Gasteiger partial charge is 0.326 e. The number of hydrogen-bond donors (Lipinski definition) is 1. The first-order valence-corrected chi connectivity index (χ1v) is 8.39. The van der Waals surface area contributed by atoms with Crippen LogP contribution in [0, 0.1) is 6.92 Å². The fourth-order valence-electron chi connectivity index (χ4n) is 2.68. The number of amides is 3. The van der Waals surface area contributed by atoms with Gasteiger partial charge in [-0.05, 0) is 38.1 Å². The Bertz CT molecular complexity index is 885. The molecule has 1 heterocycles. The zero-order chi connectivity index (χ0) is 19.6. The average Bonchev–Trinajstić information content (AvgIpc) is 2.89. The van der Waals surface area contributed by atoms with Crippen LogP contribution in [0.1, 0.15) is 33.2 Å². The minimum Gasteiger partial charge on any atom is -0.451 e. The summed E-state index contributed by atoms with van der Waals surface area (Å²) in [6.07, 6.45) is -1.08. The summed E-state index contributed by atoms with van der Waals surface area (Å²) >= 11 is 0. The number of nitrogens with zero attached hydrogens (tertiary/aromatic N) is 1. The van der Waals surface area contributed by atoms with Crippen LogP contribution in [0.5, 0.6) is 0 Å². The molecule has 0 unspecified atom stereocenters. The van der Waals surface area contributed by atoms with Crippen molar-refractivity contribution in [1.82, 2.24) is 4.90 Å². The van der Waals surface area contributed by atoms with Gasteiger partial charge in [-0.3, -0.25) is 24.1 Å². The van der Waals surface area contributed by atoms with Gasteiger partial charge in [0.05, 0.1) is 11.1 Å². The molecule has 0 radical (unpaired) electrons. The van der Waals surface area contributed by atoms with E-state index >= 15 is 0 Å². The second-order valence-corrected chi connectivity index (χ2v) is 6.23. The summed E-state index contributed by atoms with van der Waals surface area (Å²) in [6.45, 7) is 2.80. The third-order valence-corrected chi connectivity index (χ3v) is 4.16. The number of imide groups is 1. The first kappa shape index (κ1) is 18.3. The monoisotopic (exact) mass is 366 g/mol. The lowest BCUT2D eigenvalue weighted by atomic mass is 10.1. The molecule has 1 aliphatic heterocycles. The molecule has 1 N–H and O–H groups in total. The fraction of sp³-hybridized carbons (Fsp3) is 0.200. The van der Waals surface area contributed by atoms with E-state index in [1.807, 2.05) is 19.1 Å². The number of carbonyl (C=O) groups excluding carboxylic acids is 4. The van der Waals surface area contributed by atoms with E-state index in [2.05, 4.69) is 5.32 Å². The van der Waals surface area contributed by atoms with Crippen LogP contribution in [0.4, 0.5) is 5.69 Å². The van der Waals surface area contributed by atoms with Crippen molar-refractivity contribution < 1.29 is 23.9 Å². The molecule has 0 aromatic heterocycles. The molecule has 27 heavy (non-hydrogen) atoms. The van der Waals surface area contributed by atoms with E-state index in [1.165, 1.54) is 19.1 Å². The lowest BCUT2D eigenvalue weighted by Crippen LogP contribution is -2.38. The molecule has 1 atom stereocenters. The van der Waals surface area contributed by atoms with Crippen molar-refractivity contribution in [1.29, 1.82) is 0 Å². The topological polar surface area (TPSA) is 92.8 Å². The maximum atomic E-state index is 12.2. The zero-order valence-electron chi connectivity index (χ0n) is 14.9. The molecular formula is C20H18N2O5. The number of carbonyl (C=O) groups is 4. The summed E-state index contributed by atoms with van der Waals surface area (Å²) in [4.78, 5) is 49.6. The van der Waals surface area contributed by atoms with Gasteiger partial charge < -0.3 is 10.1 Å². The summed E-state index contributed by atoms with van der Waals surface area (Å²) < 4.78 is 5.07. The van der Waals surface area contributed by atoms with Crippen molar-refractivity contribution in [3.05, 3.63) is 65.2 Å². The molecule has 0 saturated carbocycles. The molecule has 7 heteroatoms. The highest BCUT2D eigenvalue weighted by Crippen LogP contribution is 2.22. The lowest BCUT2D eigenvalue weighted by molar-refractivity contribution is -0.153. The van der Waals surface area contributed by atoms with Crippen LogP contribution in [-0.2, 0) is 14.3 Å². The van der Waals surface area contributed by atoms with Crippen molar-refractivity contribution in [3.63, 3.8) is 0 Å². The van der Waals surface area contributed by atoms with Gasteiger partial charge in [0.25, 0.3) is 17.7 Å². The maximum absolute atomic E-state index is 12.2. The number of hydrogen-bond acceptors (Lipinski definition) is 5. The molecule has 0 fully saturated rings. The van der Waals surface area contributed by atoms with E-state index in [9.17, 15) is 19.2 Å². The molecule has 2 aromatic carbocycles. The first-order chi connectivity index (χ1) is 12.9. The van der Waals surface area contributed by atoms with Crippen LogP contribution in [0.2, 0.25) is 0 Å². The third kappa shape index (κ3) is 3.87. The molecule has 0 spiro atoms. The van der Waals surface area contributed by atoms with Gasteiger partial charge in [-0.15, -0.1) is 0 Å². The largest absolute Gasteiger partial charge is 0.451 e. The lowest BCUT2D eigenvalue weighted by Gasteiger charge is -2.16. The van der Waals surface area contributed by atoms with E-state index < -0.39 is 36.3 Å². The van der Waals surface area contributed by atoms with Crippen molar-refractivity contribution in [3.8, 4) is 0 Å². The number of rotatable bonds is 5. The van der Waals surface area contributed by atoms with Crippen LogP contribution < -0.4 is 5.32 Å². The molecular weight excluding hydrogens is 348 g/mol. The Labute approximate surface area is 155 Å². The second-order valence-electron chi connectivity index (χ2n) is 6.23. The number of ether oxygens (including phenoxy) is 1. The number of esters is 1. The standard InChI is InChI=1S/C20H18N2O5/c1-12-7-9-14(10-8-12)21-18(24)13(2)27-17(23)11-22-19(25)15-5-3-4-6-16(15)20(22)26/h3-10,13H,11H2,1-2H3,(H,21,24)/t13-/m0/s1. The van der Waals surface area contributed by atoms with E-state index in [4.69, 9.17) is 4.74 Å². The van der Waals surface area contributed by atoms with E-state index in [-0.39, 0.29) is 11.1 Å². The molecule has 2 aromatic rings. The Hall–Kier alpha value is -3.48. The summed E-state index contributed by atoms with van der Waals surface area (Å²) in [6, 6.07) is 13.5. The average molecular weight is 366 g/mol. The molecule has 3 rings (SSSR count). The van der Waals surface area contributed by atoms with Gasteiger partial charge in [0.2, 0.25) is 0 Å². The van der Waals surface area contributed by atoms with Crippen molar-refractivity contribution in [2.24, 2.45) is 0 Å². The SMILES string of the molecule is Cc1ccc(NC(=O)[C@H](C)OC(=O)CN2C(=O)c3ccccc3C2=O)cc1. The molecule has 7 nitrogen and oxygen atoms in total. The quantitative estimate of drug-likeness (QED) is 0.647. The molecule has 0 saturated heterocycles. The van der Waals surface area contributed by atoms with Crippen molar-refractivity contribution in [2.45, 2.75) is 20.0 Å².